The number of carboxylic acids is 1. The van der Waals surface area contributed by atoms with Gasteiger partial charge >= 0.3 is 17.8 Å². The van der Waals surface area contributed by atoms with Gasteiger partial charge in [-0.25, -0.2) is 4.79 Å². The molecule has 0 bridgehead atoms. The number of carbonyl (C=O) groups is 4. The highest BCUT2D eigenvalue weighted by molar-refractivity contribution is 8.01. The number of nitrogens with two attached hydrogens (primary N) is 1. The molecule has 0 unspecified atom stereocenters. The summed E-state index contributed by atoms with van der Waals surface area (Å²) in [5.41, 5.74) is 8.40. The zero-order valence-electron chi connectivity index (χ0n) is 12.6. The normalized spacial score (nSPS) is 33.5. The SMILES string of the molecule is CN1NC(=O)C(=O)N[C@H]1SCC1=C(C(=O)O)[C@H]2C(=O)[C@@H](N)[C@H]2SC1. The molecule has 3 aliphatic rings. The van der Waals surface area contributed by atoms with Crippen molar-refractivity contribution in [2.24, 2.45) is 11.7 Å². The second-order valence-electron chi connectivity index (χ2n) is 5.69. The molecule has 24 heavy (non-hydrogen) atoms. The number of hydrogen-bond acceptors (Lipinski definition) is 8. The number of carboxylic acid groups (broad SMARTS) is 1. The maximum atomic E-state index is 11.9. The Bertz CT molecular complexity index is 667. The number of amides is 2. The molecule has 130 valence electrons. The topological polar surface area (TPSA) is 142 Å². The summed E-state index contributed by atoms with van der Waals surface area (Å²) in [6.07, 6.45) is 0. The molecule has 2 aliphatic heterocycles. The predicted molar refractivity (Wildman–Crippen MR) is 87.7 cm³/mol. The summed E-state index contributed by atoms with van der Waals surface area (Å²) < 4.78 is 0. The van der Waals surface area contributed by atoms with Crippen molar-refractivity contribution in [1.82, 2.24) is 15.8 Å². The number of nitrogens with zero attached hydrogens (tertiary/aromatic N) is 1. The molecule has 3 rings (SSSR count). The molecule has 0 aromatic rings. The van der Waals surface area contributed by atoms with Crippen LogP contribution in [0.3, 0.4) is 0 Å². The molecular weight excluding hydrogens is 356 g/mol. The number of nitrogens with one attached hydrogen (secondary N) is 2. The first kappa shape index (κ1) is 17.3. The summed E-state index contributed by atoms with van der Waals surface area (Å²) in [6, 6.07) is -0.595. The van der Waals surface area contributed by atoms with Crippen LogP contribution in [0.4, 0.5) is 0 Å². The van der Waals surface area contributed by atoms with Crippen LogP contribution in [0, 0.1) is 5.92 Å². The number of rotatable bonds is 4. The smallest absolute Gasteiger partial charge is 0.332 e. The van der Waals surface area contributed by atoms with Crippen LogP contribution in [-0.4, -0.2) is 69.0 Å². The molecule has 1 aliphatic carbocycles. The van der Waals surface area contributed by atoms with E-state index in [1.54, 1.807) is 7.05 Å². The third-order valence-electron chi connectivity index (χ3n) is 4.20. The fourth-order valence-corrected chi connectivity index (χ4v) is 5.57. The number of fused-ring (bicyclic) bond motifs is 1. The molecular formula is C13H16N4O5S2. The number of carbonyl (C=O) groups excluding carboxylic acids is 3. The van der Waals surface area contributed by atoms with E-state index in [0.29, 0.717) is 17.1 Å². The van der Waals surface area contributed by atoms with Gasteiger partial charge in [0.1, 0.15) is 5.50 Å². The van der Waals surface area contributed by atoms with Gasteiger partial charge < -0.3 is 16.2 Å². The highest BCUT2D eigenvalue weighted by Gasteiger charge is 2.54. The van der Waals surface area contributed by atoms with Gasteiger partial charge in [-0.05, 0) is 5.57 Å². The number of thioether (sulfide) groups is 2. The van der Waals surface area contributed by atoms with Crippen molar-refractivity contribution >= 4 is 47.1 Å². The average molecular weight is 372 g/mol. The molecule has 2 fully saturated rings. The van der Waals surface area contributed by atoms with Crippen LogP contribution in [0.25, 0.3) is 0 Å². The molecule has 2 heterocycles. The Morgan fingerprint density at radius 1 is 1.42 bits per heavy atom. The standard InChI is InChI=1S/C13H16N4O5S2/c1-17-13(15-10(19)11(20)16-17)24-3-4-2-23-9-6(5(4)12(21)22)8(18)7(9)14/h6-7,9,13H,2-3,14H2,1H3,(H,15,19)(H,16,20)(H,21,22)/t6-,7+,9-,13+/m0/s1. The van der Waals surface area contributed by atoms with Gasteiger partial charge in [-0.3, -0.25) is 19.8 Å². The van der Waals surface area contributed by atoms with Crippen LogP contribution in [0.15, 0.2) is 11.1 Å². The summed E-state index contributed by atoms with van der Waals surface area (Å²) in [4.78, 5) is 46.2. The summed E-state index contributed by atoms with van der Waals surface area (Å²) in [5, 5.41) is 13.3. The Morgan fingerprint density at radius 2 is 2.12 bits per heavy atom. The molecule has 11 heteroatoms. The lowest BCUT2D eigenvalue weighted by Crippen LogP contribution is -2.63. The number of aliphatic carboxylic acids is 1. The van der Waals surface area contributed by atoms with Crippen LogP contribution >= 0.6 is 23.5 Å². The van der Waals surface area contributed by atoms with Crippen molar-refractivity contribution in [3.63, 3.8) is 0 Å². The fourth-order valence-electron chi connectivity index (χ4n) is 2.90. The van der Waals surface area contributed by atoms with Crippen LogP contribution in [0.1, 0.15) is 0 Å². The van der Waals surface area contributed by atoms with Crippen molar-refractivity contribution < 1.29 is 24.3 Å². The monoisotopic (exact) mass is 372 g/mol. The molecule has 4 atom stereocenters. The Balaban J connectivity index is 1.73. The lowest BCUT2D eigenvalue weighted by molar-refractivity contribution is -0.146. The Kier molecular flexibility index (Phi) is 4.60. The van der Waals surface area contributed by atoms with E-state index in [9.17, 15) is 24.3 Å². The third kappa shape index (κ3) is 2.81. The summed E-state index contributed by atoms with van der Waals surface area (Å²) >= 11 is 2.76. The van der Waals surface area contributed by atoms with Crippen molar-refractivity contribution in [2.45, 2.75) is 16.8 Å². The molecule has 0 radical (unpaired) electrons. The van der Waals surface area contributed by atoms with Crippen molar-refractivity contribution in [1.29, 1.82) is 0 Å². The Labute approximate surface area is 145 Å². The summed E-state index contributed by atoms with van der Waals surface area (Å²) in [6.45, 7) is 0. The van der Waals surface area contributed by atoms with E-state index in [4.69, 9.17) is 5.73 Å². The maximum absolute atomic E-state index is 11.9. The fraction of sp³-hybridized carbons (Fsp3) is 0.538. The molecule has 2 amide bonds. The second kappa shape index (κ2) is 6.39. The van der Waals surface area contributed by atoms with E-state index in [0.717, 1.165) is 0 Å². The molecule has 0 spiro atoms. The summed E-state index contributed by atoms with van der Waals surface area (Å²) in [5.74, 6) is -2.66. The van der Waals surface area contributed by atoms with E-state index in [2.05, 4.69) is 10.7 Å². The van der Waals surface area contributed by atoms with Crippen LogP contribution in [-0.2, 0) is 19.2 Å². The lowest BCUT2D eigenvalue weighted by Gasteiger charge is -2.44. The highest BCUT2D eigenvalue weighted by atomic mass is 32.2. The van der Waals surface area contributed by atoms with Crippen molar-refractivity contribution in [3.05, 3.63) is 11.1 Å². The van der Waals surface area contributed by atoms with Gasteiger partial charge in [0.2, 0.25) is 0 Å². The molecule has 0 aromatic heterocycles. The molecule has 1 saturated heterocycles. The first-order chi connectivity index (χ1) is 11.3. The van der Waals surface area contributed by atoms with E-state index in [1.165, 1.54) is 28.5 Å². The Hall–Kier alpha value is -1.56. The average Bonchev–Trinajstić information content (AvgIpc) is 2.55. The van der Waals surface area contributed by atoms with Gasteiger partial charge in [-0.2, -0.15) is 16.8 Å². The molecule has 1 saturated carbocycles. The van der Waals surface area contributed by atoms with Gasteiger partial charge in [0.05, 0.1) is 12.0 Å². The van der Waals surface area contributed by atoms with Gasteiger partial charge in [0.15, 0.2) is 5.78 Å². The minimum absolute atomic E-state index is 0.131. The van der Waals surface area contributed by atoms with E-state index < -0.39 is 35.2 Å². The third-order valence-corrected chi connectivity index (χ3v) is 6.93. The van der Waals surface area contributed by atoms with Crippen molar-refractivity contribution in [2.75, 3.05) is 18.6 Å². The molecule has 0 aromatic carbocycles. The largest absolute Gasteiger partial charge is 0.478 e. The lowest BCUT2D eigenvalue weighted by atomic mass is 9.72. The molecule has 9 nitrogen and oxygen atoms in total. The van der Waals surface area contributed by atoms with Gasteiger partial charge in [0, 0.05) is 29.4 Å². The quantitative estimate of drug-likeness (QED) is 0.417. The van der Waals surface area contributed by atoms with E-state index in [1.807, 2.05) is 0 Å². The second-order valence-corrected chi connectivity index (χ2v) is 7.93. The maximum Gasteiger partial charge on any atom is 0.332 e. The van der Waals surface area contributed by atoms with Crippen LogP contribution in [0.5, 0.6) is 0 Å². The zero-order chi connectivity index (χ0) is 17.6. The first-order valence-corrected chi connectivity index (χ1v) is 9.23. The summed E-state index contributed by atoms with van der Waals surface area (Å²) in [7, 11) is 1.60. The van der Waals surface area contributed by atoms with Gasteiger partial charge in [0.25, 0.3) is 0 Å². The number of hydrazine groups is 1. The minimum Gasteiger partial charge on any atom is -0.478 e. The minimum atomic E-state index is -1.10. The van der Waals surface area contributed by atoms with Gasteiger partial charge in [-0.15, -0.1) is 11.8 Å². The number of hydrogen-bond donors (Lipinski definition) is 4. The zero-order valence-corrected chi connectivity index (χ0v) is 14.3. The first-order valence-electron chi connectivity index (χ1n) is 7.13. The number of ketones is 1. The highest BCUT2D eigenvalue weighted by Crippen LogP contribution is 2.45. The van der Waals surface area contributed by atoms with E-state index >= 15 is 0 Å². The molecule has 5 N–H and O–H groups in total. The van der Waals surface area contributed by atoms with Crippen LogP contribution in [0.2, 0.25) is 0 Å². The van der Waals surface area contributed by atoms with Gasteiger partial charge in [-0.1, -0.05) is 0 Å². The van der Waals surface area contributed by atoms with Crippen LogP contribution < -0.4 is 16.5 Å². The van der Waals surface area contributed by atoms with E-state index in [-0.39, 0.29) is 16.6 Å². The van der Waals surface area contributed by atoms with Crippen molar-refractivity contribution in [3.8, 4) is 0 Å². The number of Topliss-reactive ketones (excluding diaryl/α,β-unsaturated/α-hetero) is 1. The predicted octanol–water partition coefficient (Wildman–Crippen LogP) is -1.88. The Morgan fingerprint density at radius 3 is 2.79 bits per heavy atom.